The van der Waals surface area contributed by atoms with E-state index in [1.54, 1.807) is 30.1 Å². The Morgan fingerprint density at radius 2 is 1.79 bits per heavy atom. The highest BCUT2D eigenvalue weighted by Gasteiger charge is 2.17. The molecule has 1 saturated heterocycles. The van der Waals surface area contributed by atoms with E-state index in [1.165, 1.54) is 6.20 Å². The number of anilines is 2. The summed E-state index contributed by atoms with van der Waals surface area (Å²) in [6.45, 7) is 5.55. The third kappa shape index (κ3) is 4.10. The Labute approximate surface area is 170 Å². The van der Waals surface area contributed by atoms with Crippen LogP contribution in [0, 0.1) is 6.92 Å². The number of nitrogens with zero attached hydrogens (tertiary/aromatic N) is 4. The average molecular weight is 413 g/mol. The van der Waals surface area contributed by atoms with Crippen molar-refractivity contribution >= 4 is 21.5 Å². The summed E-state index contributed by atoms with van der Waals surface area (Å²) in [5, 5.41) is 7.41. The number of aromatic nitrogens is 3. The standard InChI is InChI=1S/C20H24N6O2S/c1-15-19(14-23-25(15)2)24-29(27,28)18-5-3-16(4-6-18)17-7-8-22-20(13-17)26-11-9-21-10-12-26/h3-8,13-14,21,24H,9-12H2,1-2H3. The highest BCUT2D eigenvalue weighted by Crippen LogP contribution is 2.25. The summed E-state index contributed by atoms with van der Waals surface area (Å²) in [7, 11) is -1.91. The van der Waals surface area contributed by atoms with E-state index in [9.17, 15) is 8.42 Å². The van der Waals surface area contributed by atoms with Crippen LogP contribution in [0.3, 0.4) is 0 Å². The second kappa shape index (κ2) is 7.84. The molecule has 1 aliphatic rings. The van der Waals surface area contributed by atoms with Crippen LogP contribution >= 0.6 is 0 Å². The third-order valence-corrected chi connectivity index (χ3v) is 6.55. The number of hydrogen-bond donors (Lipinski definition) is 2. The summed E-state index contributed by atoms with van der Waals surface area (Å²) >= 11 is 0. The molecule has 152 valence electrons. The molecule has 0 radical (unpaired) electrons. The fourth-order valence-corrected chi connectivity index (χ4v) is 4.40. The summed E-state index contributed by atoms with van der Waals surface area (Å²) in [6, 6.07) is 10.9. The summed E-state index contributed by atoms with van der Waals surface area (Å²) in [5.41, 5.74) is 3.18. The second-order valence-corrected chi connectivity index (χ2v) is 8.72. The zero-order valence-electron chi connectivity index (χ0n) is 16.5. The van der Waals surface area contributed by atoms with Crippen LogP contribution in [0.1, 0.15) is 5.69 Å². The zero-order chi connectivity index (χ0) is 20.4. The molecule has 0 saturated carbocycles. The molecule has 0 bridgehead atoms. The van der Waals surface area contributed by atoms with Crippen LogP contribution in [-0.4, -0.2) is 49.4 Å². The highest BCUT2D eigenvalue weighted by molar-refractivity contribution is 7.92. The average Bonchev–Trinajstić information content (AvgIpc) is 3.06. The first kappa shape index (κ1) is 19.4. The van der Waals surface area contributed by atoms with E-state index in [0.29, 0.717) is 5.69 Å². The Kier molecular flexibility index (Phi) is 5.25. The molecule has 4 rings (SSSR count). The van der Waals surface area contributed by atoms with E-state index in [2.05, 4.69) is 25.0 Å². The number of aryl methyl sites for hydroxylation is 1. The van der Waals surface area contributed by atoms with Crippen LogP contribution in [0.15, 0.2) is 53.7 Å². The first-order valence-corrected chi connectivity index (χ1v) is 11.0. The maximum Gasteiger partial charge on any atom is 0.262 e. The van der Waals surface area contributed by atoms with Gasteiger partial charge in [0.25, 0.3) is 10.0 Å². The molecule has 9 heteroatoms. The Balaban J connectivity index is 1.55. The van der Waals surface area contributed by atoms with Gasteiger partial charge < -0.3 is 10.2 Å². The van der Waals surface area contributed by atoms with E-state index < -0.39 is 10.0 Å². The van der Waals surface area contributed by atoms with Gasteiger partial charge in [0.2, 0.25) is 0 Å². The Hall–Kier alpha value is -2.91. The van der Waals surface area contributed by atoms with Gasteiger partial charge in [-0.25, -0.2) is 13.4 Å². The normalized spacial score (nSPS) is 14.8. The Morgan fingerprint density at radius 3 is 2.45 bits per heavy atom. The van der Waals surface area contributed by atoms with Crippen molar-refractivity contribution in [3.8, 4) is 11.1 Å². The SMILES string of the molecule is Cc1c(NS(=O)(=O)c2ccc(-c3ccnc(N4CCNCC4)c3)cc2)cnn1C. The highest BCUT2D eigenvalue weighted by atomic mass is 32.2. The lowest BCUT2D eigenvalue weighted by atomic mass is 10.1. The van der Waals surface area contributed by atoms with Crippen molar-refractivity contribution in [1.82, 2.24) is 20.1 Å². The summed E-state index contributed by atoms with van der Waals surface area (Å²) in [6.07, 6.45) is 3.31. The van der Waals surface area contributed by atoms with Gasteiger partial charge in [0, 0.05) is 39.4 Å². The largest absolute Gasteiger partial charge is 0.354 e. The molecule has 1 aliphatic heterocycles. The zero-order valence-corrected chi connectivity index (χ0v) is 17.3. The number of hydrogen-bond acceptors (Lipinski definition) is 6. The molecule has 1 fully saturated rings. The lowest BCUT2D eigenvalue weighted by Gasteiger charge is -2.28. The van der Waals surface area contributed by atoms with Crippen LogP contribution in [0.25, 0.3) is 11.1 Å². The smallest absolute Gasteiger partial charge is 0.262 e. The topological polar surface area (TPSA) is 92.2 Å². The number of rotatable bonds is 5. The minimum atomic E-state index is -3.68. The predicted octanol–water partition coefficient (Wildman–Crippen LogP) is 2.00. The number of nitrogens with one attached hydrogen (secondary N) is 2. The molecule has 0 unspecified atom stereocenters. The van der Waals surface area contributed by atoms with E-state index in [0.717, 1.165) is 48.8 Å². The first-order chi connectivity index (χ1) is 13.9. The number of benzene rings is 1. The van der Waals surface area contributed by atoms with Gasteiger partial charge in [-0.3, -0.25) is 9.40 Å². The van der Waals surface area contributed by atoms with Gasteiger partial charge in [0.05, 0.1) is 22.5 Å². The maximum absolute atomic E-state index is 12.7. The molecule has 8 nitrogen and oxygen atoms in total. The molecule has 2 aromatic heterocycles. The molecule has 1 aromatic carbocycles. The van der Waals surface area contributed by atoms with E-state index in [1.807, 2.05) is 31.2 Å². The van der Waals surface area contributed by atoms with Crippen molar-refractivity contribution in [2.24, 2.45) is 7.05 Å². The van der Waals surface area contributed by atoms with Gasteiger partial charge in [-0.05, 0) is 42.3 Å². The van der Waals surface area contributed by atoms with Crippen molar-refractivity contribution < 1.29 is 8.42 Å². The van der Waals surface area contributed by atoms with Crippen molar-refractivity contribution in [3.05, 3.63) is 54.5 Å². The van der Waals surface area contributed by atoms with Crippen LogP contribution in [-0.2, 0) is 17.1 Å². The van der Waals surface area contributed by atoms with Gasteiger partial charge >= 0.3 is 0 Å². The summed E-state index contributed by atoms with van der Waals surface area (Å²) in [5.74, 6) is 0.939. The molecular weight excluding hydrogens is 388 g/mol. The predicted molar refractivity (Wildman–Crippen MR) is 114 cm³/mol. The van der Waals surface area contributed by atoms with Crippen molar-refractivity contribution in [2.75, 3.05) is 35.8 Å². The second-order valence-electron chi connectivity index (χ2n) is 7.04. The van der Waals surface area contributed by atoms with Gasteiger partial charge in [0.1, 0.15) is 5.82 Å². The van der Waals surface area contributed by atoms with Crippen LogP contribution in [0.5, 0.6) is 0 Å². The van der Waals surface area contributed by atoms with Gasteiger partial charge in [-0.1, -0.05) is 12.1 Å². The lowest BCUT2D eigenvalue weighted by molar-refractivity contribution is 0.585. The minimum absolute atomic E-state index is 0.209. The molecule has 0 aliphatic carbocycles. The molecule has 0 atom stereocenters. The van der Waals surface area contributed by atoms with Crippen LogP contribution in [0.2, 0.25) is 0 Å². The molecular formula is C20H24N6O2S. The van der Waals surface area contributed by atoms with Crippen molar-refractivity contribution in [3.63, 3.8) is 0 Å². The summed E-state index contributed by atoms with van der Waals surface area (Å²) < 4.78 is 29.6. The van der Waals surface area contributed by atoms with Crippen LogP contribution < -0.4 is 14.9 Å². The minimum Gasteiger partial charge on any atom is -0.354 e. The Bertz CT molecular complexity index is 1100. The van der Waals surface area contributed by atoms with Gasteiger partial charge in [-0.15, -0.1) is 0 Å². The van der Waals surface area contributed by atoms with E-state index in [-0.39, 0.29) is 4.90 Å². The van der Waals surface area contributed by atoms with Crippen molar-refractivity contribution in [1.29, 1.82) is 0 Å². The number of sulfonamides is 1. The molecule has 2 N–H and O–H groups in total. The summed E-state index contributed by atoms with van der Waals surface area (Å²) in [4.78, 5) is 6.94. The van der Waals surface area contributed by atoms with Crippen molar-refractivity contribution in [2.45, 2.75) is 11.8 Å². The molecule has 3 aromatic rings. The van der Waals surface area contributed by atoms with Gasteiger partial charge in [0.15, 0.2) is 0 Å². The molecule has 3 heterocycles. The monoisotopic (exact) mass is 412 g/mol. The lowest BCUT2D eigenvalue weighted by Crippen LogP contribution is -2.43. The molecule has 0 amide bonds. The molecule has 0 spiro atoms. The quantitative estimate of drug-likeness (QED) is 0.666. The van der Waals surface area contributed by atoms with Gasteiger partial charge in [-0.2, -0.15) is 5.10 Å². The van der Waals surface area contributed by atoms with E-state index >= 15 is 0 Å². The fourth-order valence-electron chi connectivity index (χ4n) is 3.29. The fraction of sp³-hybridized carbons (Fsp3) is 0.300. The number of pyridine rings is 1. The van der Waals surface area contributed by atoms with Crippen LogP contribution in [0.4, 0.5) is 11.5 Å². The maximum atomic E-state index is 12.7. The number of piperazine rings is 1. The van der Waals surface area contributed by atoms with E-state index in [4.69, 9.17) is 0 Å². The Morgan fingerprint density at radius 1 is 1.07 bits per heavy atom. The molecule has 29 heavy (non-hydrogen) atoms. The third-order valence-electron chi connectivity index (χ3n) is 5.16. The first-order valence-electron chi connectivity index (χ1n) is 9.47.